The first-order chi connectivity index (χ1) is 10.5. The van der Waals surface area contributed by atoms with Gasteiger partial charge < -0.3 is 10.2 Å². The Morgan fingerprint density at radius 2 is 1.82 bits per heavy atom. The Bertz CT molecular complexity index is 683. The van der Waals surface area contributed by atoms with Crippen molar-refractivity contribution >= 4 is 39.1 Å². The van der Waals surface area contributed by atoms with Gasteiger partial charge in [-0.3, -0.25) is 9.59 Å². The molecular formula is C17H17BrN2O2. The van der Waals surface area contributed by atoms with Crippen molar-refractivity contribution in [2.75, 3.05) is 16.8 Å². The third-order valence-electron chi connectivity index (χ3n) is 3.14. The average Bonchev–Trinajstić information content (AvgIpc) is 2.45. The van der Waals surface area contributed by atoms with Gasteiger partial charge in [0.2, 0.25) is 11.8 Å². The molecule has 5 heteroatoms. The summed E-state index contributed by atoms with van der Waals surface area (Å²) in [6.45, 7) is 3.40. The lowest BCUT2D eigenvalue weighted by atomic mass is 10.2. The molecule has 0 radical (unpaired) electrons. The molecule has 0 atom stereocenters. The molecule has 114 valence electrons. The van der Waals surface area contributed by atoms with Gasteiger partial charge in [0.05, 0.1) is 0 Å². The summed E-state index contributed by atoms with van der Waals surface area (Å²) < 4.78 is 0.882. The van der Waals surface area contributed by atoms with E-state index in [0.29, 0.717) is 11.4 Å². The van der Waals surface area contributed by atoms with E-state index in [0.717, 1.165) is 10.0 Å². The topological polar surface area (TPSA) is 49.4 Å². The van der Waals surface area contributed by atoms with E-state index in [4.69, 9.17) is 0 Å². The molecule has 0 aliphatic carbocycles. The number of carbonyl (C=O) groups is 2. The van der Waals surface area contributed by atoms with Gasteiger partial charge in [0.25, 0.3) is 0 Å². The molecule has 0 bridgehead atoms. The summed E-state index contributed by atoms with van der Waals surface area (Å²) in [5, 5.41) is 2.79. The first-order valence-corrected chi connectivity index (χ1v) is 7.65. The van der Waals surface area contributed by atoms with Crippen molar-refractivity contribution in [3.8, 4) is 0 Å². The van der Waals surface area contributed by atoms with Gasteiger partial charge in [-0.15, -0.1) is 0 Å². The third-order valence-corrected chi connectivity index (χ3v) is 3.63. The molecule has 2 amide bonds. The van der Waals surface area contributed by atoms with Crippen LogP contribution >= 0.6 is 15.9 Å². The molecule has 0 saturated heterocycles. The monoisotopic (exact) mass is 360 g/mol. The minimum Gasteiger partial charge on any atom is -0.324 e. The van der Waals surface area contributed by atoms with E-state index < -0.39 is 0 Å². The zero-order chi connectivity index (χ0) is 16.1. The van der Waals surface area contributed by atoms with Crippen LogP contribution in [-0.4, -0.2) is 18.4 Å². The lowest BCUT2D eigenvalue weighted by Gasteiger charge is -2.21. The van der Waals surface area contributed by atoms with Gasteiger partial charge in [-0.2, -0.15) is 0 Å². The highest BCUT2D eigenvalue weighted by atomic mass is 79.9. The quantitative estimate of drug-likeness (QED) is 0.902. The number of rotatable bonds is 4. The fourth-order valence-electron chi connectivity index (χ4n) is 2.02. The van der Waals surface area contributed by atoms with Crippen LogP contribution in [0.5, 0.6) is 0 Å². The zero-order valence-electron chi connectivity index (χ0n) is 12.5. The highest BCUT2D eigenvalue weighted by Crippen LogP contribution is 2.17. The summed E-state index contributed by atoms with van der Waals surface area (Å²) in [5.41, 5.74) is 2.50. The highest BCUT2D eigenvalue weighted by Gasteiger charge is 2.15. The second-order valence-electron chi connectivity index (χ2n) is 5.00. The summed E-state index contributed by atoms with van der Waals surface area (Å²) in [5.74, 6) is -0.415. The second kappa shape index (κ2) is 7.22. The van der Waals surface area contributed by atoms with E-state index >= 15 is 0 Å². The van der Waals surface area contributed by atoms with Crippen LogP contribution in [0.15, 0.2) is 53.0 Å². The van der Waals surface area contributed by atoms with Gasteiger partial charge in [-0.25, -0.2) is 0 Å². The van der Waals surface area contributed by atoms with E-state index in [9.17, 15) is 9.59 Å². The van der Waals surface area contributed by atoms with E-state index in [1.54, 1.807) is 6.07 Å². The molecule has 0 fully saturated rings. The summed E-state index contributed by atoms with van der Waals surface area (Å²) >= 11 is 3.35. The maximum Gasteiger partial charge on any atom is 0.244 e. The summed E-state index contributed by atoms with van der Waals surface area (Å²) in [4.78, 5) is 25.4. The Kier molecular flexibility index (Phi) is 5.33. The minimum absolute atomic E-state index is 0.0229. The second-order valence-corrected chi connectivity index (χ2v) is 5.91. The molecule has 2 aromatic carbocycles. The highest BCUT2D eigenvalue weighted by molar-refractivity contribution is 9.10. The molecule has 0 heterocycles. The van der Waals surface area contributed by atoms with E-state index in [1.165, 1.54) is 11.8 Å². The Labute approximate surface area is 138 Å². The van der Waals surface area contributed by atoms with Crippen LogP contribution < -0.4 is 10.2 Å². The number of hydrogen-bond acceptors (Lipinski definition) is 2. The van der Waals surface area contributed by atoms with Gasteiger partial charge >= 0.3 is 0 Å². The molecule has 2 aromatic rings. The number of nitrogens with zero attached hydrogens (tertiary/aromatic N) is 1. The lowest BCUT2D eigenvalue weighted by molar-refractivity contribution is -0.120. The van der Waals surface area contributed by atoms with Gasteiger partial charge in [0.1, 0.15) is 6.54 Å². The first-order valence-electron chi connectivity index (χ1n) is 6.86. The van der Waals surface area contributed by atoms with Crippen LogP contribution in [0.25, 0.3) is 0 Å². The number of anilines is 2. The third kappa shape index (κ3) is 4.43. The molecular weight excluding hydrogens is 344 g/mol. The number of benzene rings is 2. The standard InChI is InChI=1S/C17H17BrN2O2/c1-12-6-8-16(9-7-12)20(13(2)21)11-17(22)19-15-5-3-4-14(18)10-15/h3-10H,11H2,1-2H3,(H,19,22). The van der Waals surface area contributed by atoms with Crippen LogP contribution in [0.1, 0.15) is 12.5 Å². The molecule has 0 aromatic heterocycles. The van der Waals surface area contributed by atoms with E-state index in [1.807, 2.05) is 49.4 Å². The van der Waals surface area contributed by atoms with Crippen LogP contribution in [0.3, 0.4) is 0 Å². The molecule has 0 saturated carbocycles. The van der Waals surface area contributed by atoms with Gasteiger partial charge in [-0.1, -0.05) is 39.7 Å². The fourth-order valence-corrected chi connectivity index (χ4v) is 2.42. The van der Waals surface area contributed by atoms with E-state index in [-0.39, 0.29) is 18.4 Å². The summed E-state index contributed by atoms with van der Waals surface area (Å²) in [7, 11) is 0. The normalized spacial score (nSPS) is 10.1. The van der Waals surface area contributed by atoms with E-state index in [2.05, 4.69) is 21.2 Å². The van der Waals surface area contributed by atoms with Crippen LogP contribution in [0.4, 0.5) is 11.4 Å². The van der Waals surface area contributed by atoms with Crippen LogP contribution in [0.2, 0.25) is 0 Å². The van der Waals surface area contributed by atoms with Gasteiger partial charge in [0, 0.05) is 22.8 Å². The van der Waals surface area contributed by atoms with Crippen molar-refractivity contribution < 1.29 is 9.59 Å². The lowest BCUT2D eigenvalue weighted by Crippen LogP contribution is -2.36. The van der Waals surface area contributed by atoms with Gasteiger partial charge in [-0.05, 0) is 37.3 Å². The maximum absolute atomic E-state index is 12.2. The molecule has 0 spiro atoms. The van der Waals surface area contributed by atoms with Crippen molar-refractivity contribution in [3.05, 3.63) is 58.6 Å². The Morgan fingerprint density at radius 1 is 1.14 bits per heavy atom. The van der Waals surface area contributed by atoms with Crippen molar-refractivity contribution in [3.63, 3.8) is 0 Å². The van der Waals surface area contributed by atoms with Gasteiger partial charge in [0.15, 0.2) is 0 Å². The van der Waals surface area contributed by atoms with Crippen molar-refractivity contribution in [1.29, 1.82) is 0 Å². The SMILES string of the molecule is CC(=O)N(CC(=O)Nc1cccc(Br)c1)c1ccc(C)cc1. The Morgan fingerprint density at radius 3 is 2.41 bits per heavy atom. The molecule has 0 aliphatic heterocycles. The number of nitrogens with one attached hydrogen (secondary N) is 1. The molecule has 1 N–H and O–H groups in total. The fraction of sp³-hybridized carbons (Fsp3) is 0.176. The largest absolute Gasteiger partial charge is 0.324 e. The summed E-state index contributed by atoms with van der Waals surface area (Å²) in [6, 6.07) is 14.8. The molecule has 0 aliphatic rings. The predicted molar refractivity (Wildman–Crippen MR) is 92.0 cm³/mol. The first kappa shape index (κ1) is 16.2. The molecule has 0 unspecified atom stereocenters. The number of amides is 2. The number of aryl methyl sites for hydroxylation is 1. The number of carbonyl (C=O) groups excluding carboxylic acids is 2. The van der Waals surface area contributed by atoms with Crippen LogP contribution in [0, 0.1) is 6.92 Å². The Hall–Kier alpha value is -2.14. The molecule has 22 heavy (non-hydrogen) atoms. The average molecular weight is 361 g/mol. The zero-order valence-corrected chi connectivity index (χ0v) is 14.1. The molecule has 2 rings (SSSR count). The van der Waals surface area contributed by atoms with Crippen LogP contribution in [-0.2, 0) is 9.59 Å². The number of hydrogen-bond donors (Lipinski definition) is 1. The van der Waals surface area contributed by atoms with Crippen molar-refractivity contribution in [2.45, 2.75) is 13.8 Å². The minimum atomic E-state index is -0.242. The van der Waals surface area contributed by atoms with Crippen molar-refractivity contribution in [1.82, 2.24) is 0 Å². The summed E-state index contributed by atoms with van der Waals surface area (Å²) in [6.07, 6.45) is 0. The Balaban J connectivity index is 2.09. The number of halogens is 1. The molecule has 4 nitrogen and oxygen atoms in total. The van der Waals surface area contributed by atoms with Crippen molar-refractivity contribution in [2.24, 2.45) is 0 Å². The maximum atomic E-state index is 12.2. The predicted octanol–water partition coefficient (Wildman–Crippen LogP) is 3.75. The smallest absolute Gasteiger partial charge is 0.244 e.